The first-order valence-corrected chi connectivity index (χ1v) is 14.0. The zero-order valence-corrected chi connectivity index (χ0v) is 23.7. The molecule has 10 heteroatoms. The monoisotopic (exact) mass is 587 g/mol. The summed E-state index contributed by atoms with van der Waals surface area (Å²) in [6, 6.07) is 22.3. The lowest BCUT2D eigenvalue weighted by atomic mass is 9.95. The van der Waals surface area contributed by atoms with Gasteiger partial charge in [0.1, 0.15) is 24.1 Å². The molecule has 1 amide bonds. The van der Waals surface area contributed by atoms with Gasteiger partial charge in [0.2, 0.25) is 0 Å². The second-order valence-corrected chi connectivity index (χ2v) is 10.5. The summed E-state index contributed by atoms with van der Waals surface area (Å²) >= 11 is 6.27. The second kappa shape index (κ2) is 11.9. The normalized spacial score (nSPS) is 15.4. The molecule has 6 rings (SSSR count). The van der Waals surface area contributed by atoms with Crippen LogP contribution in [0.1, 0.15) is 23.0 Å². The van der Waals surface area contributed by atoms with E-state index in [1.165, 1.54) is 7.11 Å². The summed E-state index contributed by atoms with van der Waals surface area (Å²) < 4.78 is 19.3. The molecule has 0 saturated carbocycles. The van der Waals surface area contributed by atoms with E-state index >= 15 is 0 Å². The third-order valence-electron chi connectivity index (χ3n) is 7.41. The lowest BCUT2D eigenvalue weighted by molar-refractivity contribution is -0.135. The van der Waals surface area contributed by atoms with Gasteiger partial charge in [-0.1, -0.05) is 48.0 Å². The third-order valence-corrected chi connectivity index (χ3v) is 7.65. The van der Waals surface area contributed by atoms with Crippen LogP contribution in [0.15, 0.2) is 79.0 Å². The van der Waals surface area contributed by atoms with E-state index in [0.717, 1.165) is 27.7 Å². The fourth-order valence-corrected chi connectivity index (χ4v) is 5.52. The molecule has 0 bridgehead atoms. The van der Waals surface area contributed by atoms with Gasteiger partial charge in [0, 0.05) is 30.3 Å². The average molecular weight is 588 g/mol. The van der Waals surface area contributed by atoms with Crippen molar-refractivity contribution >= 4 is 33.9 Å². The molecule has 2 atom stereocenters. The molecule has 3 aromatic carbocycles. The Hall–Kier alpha value is -4.31. The number of hydrogen-bond donors (Lipinski definition) is 2. The molecule has 3 heterocycles. The molecule has 0 fully saturated rings. The number of rotatable bonds is 9. The highest BCUT2D eigenvalue weighted by Crippen LogP contribution is 2.40. The van der Waals surface area contributed by atoms with E-state index < -0.39 is 18.8 Å². The minimum Gasteiger partial charge on any atom is -0.493 e. The van der Waals surface area contributed by atoms with Gasteiger partial charge in [0.15, 0.2) is 18.1 Å². The van der Waals surface area contributed by atoms with Gasteiger partial charge in [0.25, 0.3) is 5.91 Å². The Labute approximate surface area is 247 Å². The van der Waals surface area contributed by atoms with Crippen molar-refractivity contribution in [3.8, 4) is 17.2 Å². The van der Waals surface area contributed by atoms with Crippen molar-refractivity contribution in [1.29, 1.82) is 0 Å². The van der Waals surface area contributed by atoms with Crippen LogP contribution in [-0.4, -0.2) is 70.0 Å². The zero-order chi connectivity index (χ0) is 29.2. The molecule has 0 spiro atoms. The smallest absolute Gasteiger partial charge is 0.261 e. The zero-order valence-electron chi connectivity index (χ0n) is 22.9. The van der Waals surface area contributed by atoms with E-state index in [1.807, 2.05) is 59.1 Å². The van der Waals surface area contributed by atoms with Crippen LogP contribution >= 0.6 is 11.6 Å². The maximum atomic E-state index is 13.8. The largest absolute Gasteiger partial charge is 0.493 e. The molecule has 0 saturated heterocycles. The number of aliphatic hydroxyl groups is 2. The molecule has 0 aliphatic carbocycles. The highest BCUT2D eigenvalue weighted by molar-refractivity contribution is 6.30. The molecule has 0 radical (unpaired) electrons. The second-order valence-electron chi connectivity index (χ2n) is 10.1. The first kappa shape index (κ1) is 27.8. The number of hydrogen-bond acceptors (Lipinski definition) is 7. The summed E-state index contributed by atoms with van der Waals surface area (Å²) in [6.07, 6.45) is 1.37. The Bertz CT molecular complexity index is 1760. The summed E-state index contributed by atoms with van der Waals surface area (Å²) in [5.41, 5.74) is 3.17. The standard InChI is InChI=1S/C32H30ClN3O6/c1-40-27-9-7-22(15-28(27)42-18-24(38)17-37)31-32-26(34-29-16-23(33)10-12-35(29)32)11-13-36(31)30(39)19-41-25-8-6-20-4-2-3-5-21(20)14-25/h2-10,12,14-16,24,31,37-38H,11,13,17-19H2,1H3/t24-,31?/m0/s1. The number of halogens is 1. The van der Waals surface area contributed by atoms with Gasteiger partial charge in [-0.15, -0.1) is 0 Å². The quantitative estimate of drug-likeness (QED) is 0.263. The van der Waals surface area contributed by atoms with Gasteiger partial charge >= 0.3 is 0 Å². The molecule has 5 aromatic rings. The highest BCUT2D eigenvalue weighted by Gasteiger charge is 2.36. The maximum Gasteiger partial charge on any atom is 0.261 e. The van der Waals surface area contributed by atoms with E-state index in [2.05, 4.69) is 0 Å². The SMILES string of the molecule is COc1ccc(C2c3c(nc4cc(Cl)ccn34)CCN2C(=O)COc2ccc3ccccc3c2)cc1OC[C@@H](O)CO. The van der Waals surface area contributed by atoms with E-state index in [0.29, 0.717) is 40.9 Å². The molecule has 216 valence electrons. The number of aliphatic hydroxyl groups excluding tert-OH is 2. The molecule has 9 nitrogen and oxygen atoms in total. The van der Waals surface area contributed by atoms with Crippen molar-refractivity contribution in [1.82, 2.24) is 14.3 Å². The summed E-state index contributed by atoms with van der Waals surface area (Å²) in [5, 5.41) is 21.8. The van der Waals surface area contributed by atoms with Gasteiger partial charge in [-0.25, -0.2) is 4.98 Å². The lowest BCUT2D eigenvalue weighted by Crippen LogP contribution is -2.43. The van der Waals surface area contributed by atoms with Crippen LogP contribution in [0.2, 0.25) is 5.02 Å². The number of pyridine rings is 1. The summed E-state index contributed by atoms with van der Waals surface area (Å²) in [5.74, 6) is 1.27. The van der Waals surface area contributed by atoms with Gasteiger partial charge in [-0.05, 0) is 46.7 Å². The van der Waals surface area contributed by atoms with E-state index in [9.17, 15) is 15.0 Å². The lowest BCUT2D eigenvalue weighted by Gasteiger charge is -2.36. The van der Waals surface area contributed by atoms with Crippen LogP contribution in [0, 0.1) is 0 Å². The molecular weight excluding hydrogens is 558 g/mol. The van der Waals surface area contributed by atoms with E-state index in [4.69, 9.17) is 30.8 Å². The van der Waals surface area contributed by atoms with Crippen LogP contribution in [-0.2, 0) is 11.2 Å². The fraction of sp³-hybridized carbons (Fsp3) is 0.250. The fourth-order valence-electron chi connectivity index (χ4n) is 5.37. The Morgan fingerprint density at radius 1 is 1.05 bits per heavy atom. The average Bonchev–Trinajstić information content (AvgIpc) is 3.39. The van der Waals surface area contributed by atoms with Gasteiger partial charge in [0.05, 0.1) is 31.1 Å². The van der Waals surface area contributed by atoms with Crippen molar-refractivity contribution in [2.45, 2.75) is 18.6 Å². The van der Waals surface area contributed by atoms with Gasteiger partial charge in [-0.2, -0.15) is 0 Å². The highest BCUT2D eigenvalue weighted by atomic mass is 35.5. The molecule has 1 unspecified atom stereocenters. The topological polar surface area (TPSA) is 106 Å². The summed E-state index contributed by atoms with van der Waals surface area (Å²) in [6.45, 7) is -0.268. The van der Waals surface area contributed by atoms with Crippen molar-refractivity contribution < 1.29 is 29.2 Å². The molecule has 1 aliphatic heterocycles. The maximum absolute atomic E-state index is 13.8. The number of methoxy groups -OCH3 is 1. The predicted molar refractivity (Wildman–Crippen MR) is 158 cm³/mol. The van der Waals surface area contributed by atoms with Crippen molar-refractivity contribution in [3.05, 3.63) is 101 Å². The molecule has 2 N–H and O–H groups in total. The Morgan fingerprint density at radius 2 is 1.88 bits per heavy atom. The molecule has 42 heavy (non-hydrogen) atoms. The Kier molecular flexibility index (Phi) is 7.88. The predicted octanol–water partition coefficient (Wildman–Crippen LogP) is 4.43. The third kappa shape index (κ3) is 5.46. The first-order valence-electron chi connectivity index (χ1n) is 13.6. The van der Waals surface area contributed by atoms with Gasteiger partial charge < -0.3 is 33.7 Å². The number of aromatic nitrogens is 2. The van der Waals surface area contributed by atoms with Crippen molar-refractivity contribution in [2.75, 3.05) is 33.5 Å². The molecule has 1 aliphatic rings. The van der Waals surface area contributed by atoms with Crippen molar-refractivity contribution in [3.63, 3.8) is 0 Å². The number of ether oxygens (including phenoxy) is 3. The summed E-state index contributed by atoms with van der Waals surface area (Å²) in [7, 11) is 1.53. The first-order chi connectivity index (χ1) is 20.4. The minimum absolute atomic E-state index is 0.122. The van der Waals surface area contributed by atoms with Crippen LogP contribution in [0.5, 0.6) is 17.2 Å². The van der Waals surface area contributed by atoms with E-state index in [-0.39, 0.29) is 19.1 Å². The molecule has 2 aromatic heterocycles. The van der Waals surface area contributed by atoms with E-state index in [1.54, 1.807) is 29.2 Å². The van der Waals surface area contributed by atoms with Crippen LogP contribution < -0.4 is 14.2 Å². The number of carbonyl (C=O) groups is 1. The summed E-state index contributed by atoms with van der Waals surface area (Å²) in [4.78, 5) is 20.5. The number of imidazole rings is 1. The van der Waals surface area contributed by atoms with Crippen LogP contribution in [0.3, 0.4) is 0 Å². The van der Waals surface area contributed by atoms with Crippen molar-refractivity contribution in [2.24, 2.45) is 0 Å². The number of nitrogens with zero attached hydrogens (tertiary/aromatic N) is 3. The number of carbonyl (C=O) groups excluding carboxylic acids is 1. The number of fused-ring (bicyclic) bond motifs is 4. The Morgan fingerprint density at radius 3 is 2.69 bits per heavy atom. The number of amides is 1. The van der Waals surface area contributed by atoms with Crippen LogP contribution in [0.4, 0.5) is 0 Å². The minimum atomic E-state index is -1.05. The number of benzene rings is 3. The molecular formula is C32H30ClN3O6. The van der Waals surface area contributed by atoms with Gasteiger partial charge in [-0.3, -0.25) is 4.79 Å². The van der Waals surface area contributed by atoms with Crippen LogP contribution in [0.25, 0.3) is 16.4 Å². The Balaban J connectivity index is 1.36.